The van der Waals surface area contributed by atoms with E-state index in [0.29, 0.717) is 27.8 Å². The van der Waals surface area contributed by atoms with Crippen LogP contribution in [0.15, 0.2) is 17.0 Å². The molecule has 3 fully saturated rings. The van der Waals surface area contributed by atoms with Gasteiger partial charge in [-0.3, -0.25) is 4.79 Å². The zero-order chi connectivity index (χ0) is 28.2. The highest BCUT2D eigenvalue weighted by atomic mass is 32.2. The number of benzene rings is 1. The Balaban J connectivity index is 1.18. The lowest BCUT2D eigenvalue weighted by atomic mass is 9.78. The third-order valence-electron chi connectivity index (χ3n) is 9.57. The van der Waals surface area contributed by atoms with E-state index in [9.17, 15) is 13.2 Å². The van der Waals surface area contributed by atoms with Crippen molar-refractivity contribution >= 4 is 15.9 Å². The van der Waals surface area contributed by atoms with Crippen molar-refractivity contribution in [1.29, 1.82) is 0 Å². The number of carbonyl (C=O) groups is 1. The van der Waals surface area contributed by atoms with Crippen LogP contribution in [0.1, 0.15) is 68.9 Å². The number of ether oxygens (including phenoxy) is 1. The maximum atomic E-state index is 13.2. The van der Waals surface area contributed by atoms with Gasteiger partial charge in [0.2, 0.25) is 15.9 Å². The quantitative estimate of drug-likeness (QED) is 0.493. The summed E-state index contributed by atoms with van der Waals surface area (Å²) in [4.78, 5) is 18.2. The summed E-state index contributed by atoms with van der Waals surface area (Å²) in [6, 6.07) is 4.30. The molecule has 0 radical (unpaired) electrons. The summed E-state index contributed by atoms with van der Waals surface area (Å²) in [6.45, 7) is 8.68. The minimum atomic E-state index is -3.70. The number of carbonyl (C=O) groups excluding carboxylic acids is 1. The van der Waals surface area contributed by atoms with Crippen LogP contribution >= 0.6 is 0 Å². The van der Waals surface area contributed by atoms with E-state index in [1.54, 1.807) is 40.1 Å². The first-order chi connectivity index (χ1) is 18.6. The third-order valence-corrected chi connectivity index (χ3v) is 11.7. The number of hydrogen-bond donors (Lipinski definition) is 1. The van der Waals surface area contributed by atoms with Crippen LogP contribution in [0, 0.1) is 25.7 Å². The summed E-state index contributed by atoms with van der Waals surface area (Å²) in [5.74, 6) is 2.40. The van der Waals surface area contributed by atoms with Crippen molar-refractivity contribution in [2.75, 3.05) is 53.9 Å². The Morgan fingerprint density at radius 3 is 2.03 bits per heavy atom. The third kappa shape index (κ3) is 7.54. The van der Waals surface area contributed by atoms with Crippen LogP contribution < -0.4 is 10.1 Å². The van der Waals surface area contributed by atoms with E-state index in [1.807, 2.05) is 0 Å². The van der Waals surface area contributed by atoms with Crippen LogP contribution in [0.5, 0.6) is 5.75 Å². The summed E-state index contributed by atoms with van der Waals surface area (Å²) in [5.41, 5.74) is 1.29. The van der Waals surface area contributed by atoms with Gasteiger partial charge in [0.1, 0.15) is 5.75 Å². The predicted molar refractivity (Wildman–Crippen MR) is 156 cm³/mol. The van der Waals surface area contributed by atoms with Crippen molar-refractivity contribution in [3.05, 3.63) is 23.3 Å². The van der Waals surface area contributed by atoms with Crippen LogP contribution in [-0.4, -0.2) is 94.4 Å². The fourth-order valence-corrected chi connectivity index (χ4v) is 8.69. The van der Waals surface area contributed by atoms with Crippen LogP contribution in [0.2, 0.25) is 0 Å². The molecule has 0 atom stereocenters. The lowest BCUT2D eigenvalue weighted by Gasteiger charge is -2.43. The van der Waals surface area contributed by atoms with E-state index in [-0.39, 0.29) is 24.9 Å². The van der Waals surface area contributed by atoms with Crippen molar-refractivity contribution in [3.8, 4) is 5.75 Å². The van der Waals surface area contributed by atoms with Crippen LogP contribution in [0.4, 0.5) is 0 Å². The fourth-order valence-electron chi connectivity index (χ4n) is 7.11. The highest BCUT2D eigenvalue weighted by Crippen LogP contribution is 2.34. The van der Waals surface area contributed by atoms with Crippen molar-refractivity contribution < 1.29 is 17.9 Å². The number of aryl methyl sites for hydroxylation is 2. The number of piperidine rings is 2. The molecule has 1 N–H and O–H groups in total. The minimum absolute atomic E-state index is 0.0670. The molecule has 220 valence electrons. The van der Waals surface area contributed by atoms with E-state index < -0.39 is 10.0 Å². The summed E-state index contributed by atoms with van der Waals surface area (Å²) in [5, 5.41) is 3.18. The first kappa shape index (κ1) is 30.3. The van der Waals surface area contributed by atoms with Crippen LogP contribution in [0.3, 0.4) is 0 Å². The molecule has 0 spiro atoms. The Hall–Kier alpha value is -1.68. The van der Waals surface area contributed by atoms with E-state index in [2.05, 4.69) is 22.2 Å². The lowest BCUT2D eigenvalue weighted by molar-refractivity contribution is -0.122. The van der Waals surface area contributed by atoms with Gasteiger partial charge in [0.05, 0.1) is 12.0 Å². The van der Waals surface area contributed by atoms with Crippen molar-refractivity contribution in [1.82, 2.24) is 19.4 Å². The number of methoxy groups -OCH3 is 1. The normalized spacial score (nSPS) is 24.7. The van der Waals surface area contributed by atoms with Gasteiger partial charge in [0.25, 0.3) is 0 Å². The van der Waals surface area contributed by atoms with Crippen molar-refractivity contribution in [3.63, 3.8) is 0 Å². The minimum Gasteiger partial charge on any atom is -0.497 e. The Kier molecular flexibility index (Phi) is 10.3. The molecule has 1 saturated carbocycles. The van der Waals surface area contributed by atoms with E-state index in [4.69, 9.17) is 4.74 Å². The van der Waals surface area contributed by atoms with Gasteiger partial charge in [-0.2, -0.15) is 0 Å². The van der Waals surface area contributed by atoms with E-state index >= 15 is 0 Å². The maximum absolute atomic E-state index is 13.2. The number of nitrogens with zero attached hydrogens (tertiary/aromatic N) is 3. The van der Waals surface area contributed by atoms with Gasteiger partial charge in [-0.15, -0.1) is 0 Å². The molecule has 1 aliphatic carbocycles. The molecule has 1 aromatic carbocycles. The SMILES string of the molecule is COc1cc(C)c(S(=O)(=O)N(C)CCC(=O)NC2CCC(N3CCC(C4CCN(C)CC4)CC3)CC2)c(C)c1. The van der Waals surface area contributed by atoms with Crippen LogP contribution in [0.25, 0.3) is 0 Å². The second-order valence-corrected chi connectivity index (χ2v) is 14.2. The number of nitrogens with one attached hydrogen (secondary N) is 1. The van der Waals surface area contributed by atoms with Gasteiger partial charge in [0.15, 0.2) is 0 Å². The summed E-state index contributed by atoms with van der Waals surface area (Å²) in [6.07, 6.45) is 9.86. The summed E-state index contributed by atoms with van der Waals surface area (Å²) < 4.78 is 33.0. The molecular formula is C30H50N4O4S. The number of sulfonamides is 1. The maximum Gasteiger partial charge on any atom is 0.243 e. The molecule has 0 unspecified atom stereocenters. The van der Waals surface area contributed by atoms with Gasteiger partial charge in [0, 0.05) is 32.1 Å². The Labute approximate surface area is 236 Å². The Bertz CT molecular complexity index is 1050. The molecule has 3 aliphatic rings. The highest BCUT2D eigenvalue weighted by Gasteiger charge is 2.33. The second kappa shape index (κ2) is 13.3. The van der Waals surface area contributed by atoms with Crippen molar-refractivity contribution in [2.45, 2.75) is 88.6 Å². The molecule has 0 aromatic heterocycles. The molecule has 39 heavy (non-hydrogen) atoms. The molecule has 4 rings (SSSR count). The summed E-state index contributed by atoms with van der Waals surface area (Å²) in [7, 11) is 1.66. The second-order valence-electron chi connectivity index (χ2n) is 12.3. The lowest BCUT2D eigenvalue weighted by Crippen LogP contribution is -2.47. The zero-order valence-corrected chi connectivity index (χ0v) is 25.6. The van der Waals surface area contributed by atoms with Gasteiger partial charge in [-0.25, -0.2) is 12.7 Å². The molecule has 1 amide bonds. The molecule has 8 nitrogen and oxygen atoms in total. The van der Waals surface area contributed by atoms with Crippen LogP contribution in [-0.2, 0) is 14.8 Å². The number of rotatable bonds is 9. The van der Waals surface area contributed by atoms with Gasteiger partial charge in [-0.05, 0) is 134 Å². The number of likely N-dealkylation sites (tertiary alicyclic amines) is 2. The van der Waals surface area contributed by atoms with Gasteiger partial charge >= 0.3 is 0 Å². The topological polar surface area (TPSA) is 82.2 Å². The van der Waals surface area contributed by atoms with E-state index in [0.717, 1.165) is 37.5 Å². The molecule has 2 saturated heterocycles. The molecule has 0 bridgehead atoms. The Morgan fingerprint density at radius 2 is 1.49 bits per heavy atom. The first-order valence-corrected chi connectivity index (χ1v) is 16.4. The average Bonchev–Trinajstić information content (AvgIpc) is 2.92. The number of amides is 1. The molecular weight excluding hydrogens is 512 g/mol. The van der Waals surface area contributed by atoms with Gasteiger partial charge in [-0.1, -0.05) is 0 Å². The monoisotopic (exact) mass is 562 g/mol. The molecule has 2 heterocycles. The Morgan fingerprint density at radius 1 is 0.949 bits per heavy atom. The largest absolute Gasteiger partial charge is 0.497 e. The predicted octanol–water partition coefficient (Wildman–Crippen LogP) is 3.80. The summed E-state index contributed by atoms with van der Waals surface area (Å²) >= 11 is 0. The fraction of sp³-hybridized carbons (Fsp3) is 0.767. The van der Waals surface area contributed by atoms with Crippen molar-refractivity contribution in [2.24, 2.45) is 11.8 Å². The first-order valence-electron chi connectivity index (χ1n) is 14.9. The number of hydrogen-bond acceptors (Lipinski definition) is 6. The standard InChI is InChI=1S/C30H50N4O4S/c1-22-20-28(38-5)21-23(2)30(22)39(36,37)33(4)17-14-29(35)31-26-6-8-27(9-7-26)34-18-12-25(13-19-34)24-10-15-32(3)16-11-24/h20-21,24-27H,6-19H2,1-5H3,(H,31,35). The highest BCUT2D eigenvalue weighted by molar-refractivity contribution is 7.89. The van der Waals surface area contributed by atoms with E-state index in [1.165, 1.54) is 56.2 Å². The van der Waals surface area contributed by atoms with Gasteiger partial charge < -0.3 is 19.9 Å². The zero-order valence-electron chi connectivity index (χ0n) is 24.7. The molecule has 2 aliphatic heterocycles. The molecule has 1 aromatic rings. The molecule has 9 heteroatoms. The smallest absolute Gasteiger partial charge is 0.243 e. The average molecular weight is 563 g/mol.